The summed E-state index contributed by atoms with van der Waals surface area (Å²) in [7, 11) is -4.69. The first kappa shape index (κ1) is 30.9. The lowest BCUT2D eigenvalue weighted by molar-refractivity contribution is 0.625. The molecule has 4 aromatic heterocycles. The van der Waals surface area contributed by atoms with E-state index in [4.69, 9.17) is 17.7 Å². The van der Waals surface area contributed by atoms with Crippen molar-refractivity contribution < 1.29 is 17.7 Å². The number of benzene rings is 7. The van der Waals surface area contributed by atoms with Crippen molar-refractivity contribution in [3.63, 3.8) is 0 Å². The molecule has 0 bridgehead atoms. The topological polar surface area (TPSA) is 52.6 Å². The Morgan fingerprint density at radius 3 is 1.20 bits per heavy atom. The Balaban J connectivity index is 1.12. The van der Waals surface area contributed by atoms with Crippen molar-refractivity contribution in [3.8, 4) is 44.9 Å². The van der Waals surface area contributed by atoms with Crippen LogP contribution < -0.4 is 20.7 Å². The molecule has 4 nitrogen and oxygen atoms in total. The summed E-state index contributed by atoms with van der Waals surface area (Å²) in [6.07, 6.45) is 0. The fraction of sp³-hybridized carbons (Fsp3) is 0.0800. The van der Waals surface area contributed by atoms with E-state index in [1.165, 1.54) is 43.4 Å². The Hall–Kier alpha value is -6.35. The second-order valence-electron chi connectivity index (χ2n) is 16.8. The minimum Gasteiger partial charge on any atom is -0.456 e. The summed E-state index contributed by atoms with van der Waals surface area (Å²) < 4.78 is 26.8. The summed E-state index contributed by atoms with van der Waals surface area (Å²) in [6, 6.07) is 47.6. The zero-order chi connectivity index (χ0) is 37.2. The van der Waals surface area contributed by atoms with Crippen molar-refractivity contribution in [1.29, 1.82) is 0 Å². The van der Waals surface area contributed by atoms with Gasteiger partial charge in [0.1, 0.15) is 61.2 Å². The van der Waals surface area contributed by atoms with Crippen LogP contribution in [-0.4, -0.2) is 16.1 Å². The van der Waals surface area contributed by atoms with Crippen LogP contribution in [-0.2, 0) is 0 Å². The van der Waals surface area contributed by atoms with Gasteiger partial charge in [0.2, 0.25) is 0 Å². The fourth-order valence-electron chi connectivity index (χ4n) is 10.5. The SMILES string of the molecule is C[Si]1(C)c2cc(-c3cc4ccccc4o3)c3oc4ccccc4c3c2-c2ccc3c(c21)[Si](C)(C)c1cc(-c2cc4ccccc4o2)c2oc4ccccc4c2c1-3. The van der Waals surface area contributed by atoms with Gasteiger partial charge in [-0.2, -0.15) is 0 Å². The molecule has 0 radical (unpaired) electrons. The molecule has 0 aliphatic carbocycles. The van der Waals surface area contributed by atoms with E-state index in [0.29, 0.717) is 0 Å². The Morgan fingerprint density at radius 1 is 0.375 bits per heavy atom. The first-order valence-electron chi connectivity index (χ1n) is 19.4. The molecule has 0 atom stereocenters. The zero-order valence-electron chi connectivity index (χ0n) is 31.3. The van der Waals surface area contributed by atoms with E-state index in [9.17, 15) is 0 Å². The van der Waals surface area contributed by atoms with Gasteiger partial charge in [-0.15, -0.1) is 0 Å². The highest BCUT2D eigenvalue weighted by atomic mass is 28.3. The van der Waals surface area contributed by atoms with E-state index in [1.807, 2.05) is 24.3 Å². The maximum atomic E-state index is 6.83. The summed E-state index contributed by atoms with van der Waals surface area (Å²) in [6.45, 7) is 10.2. The highest BCUT2D eigenvalue weighted by Crippen LogP contribution is 2.48. The minimum atomic E-state index is -2.34. The molecule has 56 heavy (non-hydrogen) atoms. The largest absolute Gasteiger partial charge is 0.456 e. The number of rotatable bonds is 2. The second-order valence-corrected chi connectivity index (χ2v) is 25.3. The lowest BCUT2D eigenvalue weighted by Gasteiger charge is -2.28. The monoisotopic (exact) mass is 754 g/mol. The fourth-order valence-corrected chi connectivity index (χ4v) is 19.0. The molecule has 0 spiro atoms. The molecule has 6 heteroatoms. The average molecular weight is 755 g/mol. The van der Waals surface area contributed by atoms with Crippen LogP contribution in [0.15, 0.2) is 151 Å². The van der Waals surface area contributed by atoms with Gasteiger partial charge in [-0.05, 0) is 91.5 Å². The standard InChI is InChI=1S/C50H34O4Si2/c1-55(2)41-25-33(39-23-27-13-5-9-17-35(27)51-39)47-45(29-15-7-11-19-37(29)53-47)43(41)31-21-22-32-44-42(56(3,4)50(32)49(31)55)26-34(40-24-28-14-6-10-18-36(28)52-40)48-46(44)30-16-8-12-20-38(30)54-48/h5-26H,1-4H3. The first-order chi connectivity index (χ1) is 27.3. The normalized spacial score (nSPS) is 15.1. The number of hydrogen-bond donors (Lipinski definition) is 0. The number of hydrogen-bond acceptors (Lipinski definition) is 4. The predicted octanol–water partition coefficient (Wildman–Crippen LogP) is 11.9. The molecule has 13 rings (SSSR count). The molecule has 266 valence electrons. The van der Waals surface area contributed by atoms with E-state index in [1.54, 1.807) is 10.4 Å². The molecule has 0 fully saturated rings. The molecule has 0 N–H and O–H groups in total. The van der Waals surface area contributed by atoms with E-state index in [2.05, 4.69) is 135 Å². The molecule has 7 aromatic carbocycles. The van der Waals surface area contributed by atoms with Crippen LogP contribution in [0, 0.1) is 0 Å². The summed E-state index contributed by atoms with van der Waals surface area (Å²) >= 11 is 0. The van der Waals surface area contributed by atoms with Crippen LogP contribution in [0.3, 0.4) is 0 Å². The highest BCUT2D eigenvalue weighted by Gasteiger charge is 2.49. The van der Waals surface area contributed by atoms with E-state index in [0.717, 1.165) is 77.7 Å². The molecule has 2 aliphatic rings. The third kappa shape index (κ3) is 3.73. The van der Waals surface area contributed by atoms with Crippen molar-refractivity contribution in [1.82, 2.24) is 0 Å². The van der Waals surface area contributed by atoms with Crippen molar-refractivity contribution in [3.05, 3.63) is 133 Å². The summed E-state index contributed by atoms with van der Waals surface area (Å²) in [5.41, 5.74) is 12.8. The molecule has 0 saturated carbocycles. The van der Waals surface area contributed by atoms with Crippen molar-refractivity contribution in [2.75, 3.05) is 0 Å². The molecular weight excluding hydrogens is 721 g/mol. The van der Waals surface area contributed by atoms with Gasteiger partial charge < -0.3 is 17.7 Å². The van der Waals surface area contributed by atoms with Crippen LogP contribution in [0.4, 0.5) is 0 Å². The highest BCUT2D eigenvalue weighted by molar-refractivity contribution is 7.13. The Bertz CT molecular complexity index is 3250. The van der Waals surface area contributed by atoms with Crippen molar-refractivity contribution in [2.24, 2.45) is 0 Å². The lowest BCUT2D eigenvalue weighted by atomic mass is 9.93. The number of para-hydroxylation sites is 4. The Kier molecular flexibility index (Phi) is 5.68. The van der Waals surface area contributed by atoms with E-state index in [-0.39, 0.29) is 0 Å². The molecule has 0 saturated heterocycles. The third-order valence-electron chi connectivity index (χ3n) is 13.0. The first-order valence-corrected chi connectivity index (χ1v) is 25.4. The van der Waals surface area contributed by atoms with Crippen molar-refractivity contribution in [2.45, 2.75) is 26.2 Å². The van der Waals surface area contributed by atoms with Gasteiger partial charge in [-0.25, -0.2) is 0 Å². The maximum Gasteiger partial charge on any atom is 0.147 e. The molecular formula is C50H34O4Si2. The van der Waals surface area contributed by atoms with Gasteiger partial charge in [0.25, 0.3) is 0 Å². The van der Waals surface area contributed by atoms with Crippen LogP contribution in [0.1, 0.15) is 0 Å². The average Bonchev–Trinajstić information content (AvgIpc) is 4.05. The lowest BCUT2D eigenvalue weighted by Crippen LogP contribution is -2.63. The van der Waals surface area contributed by atoms with Crippen LogP contribution in [0.5, 0.6) is 0 Å². The number of fused-ring (bicyclic) bond motifs is 17. The second kappa shape index (κ2) is 10.3. The number of furan rings is 4. The van der Waals surface area contributed by atoms with Gasteiger partial charge in [0.05, 0.1) is 11.1 Å². The maximum absolute atomic E-state index is 6.83. The molecule has 11 aromatic rings. The van der Waals surface area contributed by atoms with Gasteiger partial charge >= 0.3 is 0 Å². The Labute approximate surface area is 323 Å². The summed E-state index contributed by atoms with van der Waals surface area (Å²) in [5, 5.41) is 12.9. The molecule has 2 aliphatic heterocycles. The zero-order valence-corrected chi connectivity index (χ0v) is 33.3. The molecule has 6 heterocycles. The van der Waals surface area contributed by atoms with Gasteiger partial charge in [-0.3, -0.25) is 0 Å². The van der Waals surface area contributed by atoms with Crippen LogP contribution in [0.2, 0.25) is 26.2 Å². The minimum absolute atomic E-state index is 0.846. The van der Waals surface area contributed by atoms with Crippen LogP contribution in [0.25, 0.3) is 111 Å². The van der Waals surface area contributed by atoms with Crippen LogP contribution >= 0.6 is 0 Å². The van der Waals surface area contributed by atoms with E-state index < -0.39 is 16.1 Å². The summed E-state index contributed by atoms with van der Waals surface area (Å²) in [4.78, 5) is 0. The Morgan fingerprint density at radius 2 is 0.768 bits per heavy atom. The smallest absolute Gasteiger partial charge is 0.147 e. The van der Waals surface area contributed by atoms with Gasteiger partial charge in [0.15, 0.2) is 0 Å². The predicted molar refractivity (Wildman–Crippen MR) is 236 cm³/mol. The van der Waals surface area contributed by atoms with E-state index >= 15 is 0 Å². The van der Waals surface area contributed by atoms with Gasteiger partial charge in [0, 0.05) is 32.3 Å². The summed E-state index contributed by atoms with van der Waals surface area (Å²) in [5.74, 6) is 1.69. The van der Waals surface area contributed by atoms with Crippen molar-refractivity contribution >= 4 is 103 Å². The third-order valence-corrected chi connectivity index (χ3v) is 20.3. The molecule has 0 amide bonds. The quantitative estimate of drug-likeness (QED) is 0.165. The van der Waals surface area contributed by atoms with Gasteiger partial charge in [-0.1, -0.05) is 111 Å². The molecule has 0 unspecified atom stereocenters.